The molecule has 0 aliphatic carbocycles. The molecule has 0 radical (unpaired) electrons. The summed E-state index contributed by atoms with van der Waals surface area (Å²) >= 11 is 5.30. The van der Waals surface area contributed by atoms with E-state index in [1.807, 2.05) is 17.5 Å². The standard InChI is InChI=1S/C15H19BrN2S/c1-10-5-6-19-14(10)15(3,4)9-18-13-7-11(2)12(16)8-17-13/h5-8H,9H2,1-4H3,(H,17,18). The van der Waals surface area contributed by atoms with Gasteiger partial charge >= 0.3 is 0 Å². The average molecular weight is 339 g/mol. The van der Waals surface area contributed by atoms with E-state index in [0.29, 0.717) is 0 Å². The maximum absolute atomic E-state index is 4.39. The molecule has 102 valence electrons. The summed E-state index contributed by atoms with van der Waals surface area (Å²) in [5.74, 6) is 0.933. The van der Waals surface area contributed by atoms with E-state index in [2.05, 4.69) is 71.4 Å². The van der Waals surface area contributed by atoms with Gasteiger partial charge in [-0.05, 0) is 58.4 Å². The van der Waals surface area contributed by atoms with Crippen LogP contribution in [0, 0.1) is 13.8 Å². The van der Waals surface area contributed by atoms with Crippen molar-refractivity contribution in [2.24, 2.45) is 0 Å². The Balaban J connectivity index is 2.09. The van der Waals surface area contributed by atoms with Gasteiger partial charge in [-0.2, -0.15) is 0 Å². The van der Waals surface area contributed by atoms with Crippen LogP contribution in [0.3, 0.4) is 0 Å². The van der Waals surface area contributed by atoms with Crippen molar-refractivity contribution in [2.45, 2.75) is 33.1 Å². The molecule has 0 amide bonds. The first-order valence-electron chi connectivity index (χ1n) is 6.31. The molecule has 2 aromatic rings. The predicted molar refractivity (Wildman–Crippen MR) is 87.2 cm³/mol. The van der Waals surface area contributed by atoms with Crippen molar-refractivity contribution >= 4 is 33.1 Å². The fraction of sp³-hybridized carbons (Fsp3) is 0.400. The number of anilines is 1. The number of pyridine rings is 1. The van der Waals surface area contributed by atoms with Crippen molar-refractivity contribution in [1.29, 1.82) is 0 Å². The highest BCUT2D eigenvalue weighted by molar-refractivity contribution is 9.10. The zero-order chi connectivity index (χ0) is 14.0. The van der Waals surface area contributed by atoms with Crippen molar-refractivity contribution in [3.8, 4) is 0 Å². The third-order valence-corrected chi connectivity index (χ3v) is 5.45. The molecule has 0 aromatic carbocycles. The van der Waals surface area contributed by atoms with Gasteiger partial charge in [-0.25, -0.2) is 4.98 Å². The van der Waals surface area contributed by atoms with E-state index < -0.39 is 0 Å². The average Bonchev–Trinajstić information content (AvgIpc) is 2.78. The highest BCUT2D eigenvalue weighted by atomic mass is 79.9. The van der Waals surface area contributed by atoms with Crippen LogP contribution in [0.25, 0.3) is 0 Å². The smallest absolute Gasteiger partial charge is 0.126 e. The van der Waals surface area contributed by atoms with Crippen molar-refractivity contribution in [3.05, 3.63) is 44.2 Å². The van der Waals surface area contributed by atoms with E-state index in [-0.39, 0.29) is 5.41 Å². The second-order valence-corrected chi connectivity index (χ2v) is 7.26. The lowest BCUT2D eigenvalue weighted by atomic mass is 9.89. The molecule has 0 unspecified atom stereocenters. The summed E-state index contributed by atoms with van der Waals surface area (Å²) < 4.78 is 1.05. The van der Waals surface area contributed by atoms with Crippen LogP contribution >= 0.6 is 27.3 Å². The van der Waals surface area contributed by atoms with Crippen LogP contribution in [0.2, 0.25) is 0 Å². The summed E-state index contributed by atoms with van der Waals surface area (Å²) in [5.41, 5.74) is 2.68. The molecular formula is C15H19BrN2S. The Bertz CT molecular complexity index is 575. The number of nitrogens with zero attached hydrogens (tertiary/aromatic N) is 1. The van der Waals surface area contributed by atoms with Crippen LogP contribution in [-0.4, -0.2) is 11.5 Å². The van der Waals surface area contributed by atoms with E-state index >= 15 is 0 Å². The van der Waals surface area contributed by atoms with Gasteiger partial charge in [0.05, 0.1) is 0 Å². The monoisotopic (exact) mass is 338 g/mol. The largest absolute Gasteiger partial charge is 0.369 e. The summed E-state index contributed by atoms with van der Waals surface area (Å²) in [4.78, 5) is 5.83. The first kappa shape index (κ1) is 14.5. The van der Waals surface area contributed by atoms with E-state index in [0.717, 1.165) is 16.8 Å². The number of thiophene rings is 1. The van der Waals surface area contributed by atoms with Gasteiger partial charge in [-0.15, -0.1) is 11.3 Å². The minimum atomic E-state index is 0.112. The van der Waals surface area contributed by atoms with Crippen LogP contribution < -0.4 is 5.32 Å². The molecule has 2 aromatic heterocycles. The SMILES string of the molecule is Cc1cc(NCC(C)(C)c2sccc2C)ncc1Br. The van der Waals surface area contributed by atoms with Crippen LogP contribution in [0.4, 0.5) is 5.82 Å². The molecule has 0 saturated carbocycles. The Morgan fingerprint density at radius 3 is 2.63 bits per heavy atom. The van der Waals surface area contributed by atoms with Gasteiger partial charge in [0.25, 0.3) is 0 Å². The molecule has 4 heteroatoms. The first-order chi connectivity index (χ1) is 8.90. The van der Waals surface area contributed by atoms with Crippen molar-refractivity contribution in [2.75, 3.05) is 11.9 Å². The van der Waals surface area contributed by atoms with Gasteiger partial charge in [0, 0.05) is 27.5 Å². The lowest BCUT2D eigenvalue weighted by molar-refractivity contribution is 0.565. The third-order valence-electron chi connectivity index (χ3n) is 3.24. The molecule has 2 heterocycles. The summed E-state index contributed by atoms with van der Waals surface area (Å²) in [6.45, 7) is 9.67. The van der Waals surface area contributed by atoms with E-state index in [1.165, 1.54) is 16.0 Å². The fourth-order valence-electron chi connectivity index (χ4n) is 2.09. The second kappa shape index (κ2) is 5.63. The molecule has 2 rings (SSSR count). The summed E-state index contributed by atoms with van der Waals surface area (Å²) in [7, 11) is 0. The highest BCUT2D eigenvalue weighted by Gasteiger charge is 2.23. The van der Waals surface area contributed by atoms with Crippen LogP contribution in [0.15, 0.2) is 28.2 Å². The Morgan fingerprint density at radius 2 is 2.05 bits per heavy atom. The van der Waals surface area contributed by atoms with E-state index in [1.54, 1.807) is 0 Å². The zero-order valence-corrected chi connectivity index (χ0v) is 14.2. The number of hydrogen-bond donors (Lipinski definition) is 1. The minimum absolute atomic E-state index is 0.112. The normalized spacial score (nSPS) is 11.6. The van der Waals surface area contributed by atoms with E-state index in [9.17, 15) is 0 Å². The lowest BCUT2D eigenvalue weighted by Crippen LogP contribution is -2.27. The van der Waals surface area contributed by atoms with Crippen molar-refractivity contribution in [1.82, 2.24) is 4.98 Å². The molecule has 0 atom stereocenters. The molecule has 0 fully saturated rings. The molecule has 2 nitrogen and oxygen atoms in total. The Hall–Kier alpha value is -0.870. The molecular weight excluding hydrogens is 320 g/mol. The number of rotatable bonds is 4. The summed E-state index contributed by atoms with van der Waals surface area (Å²) in [6, 6.07) is 4.26. The highest BCUT2D eigenvalue weighted by Crippen LogP contribution is 2.31. The molecule has 0 saturated heterocycles. The fourth-order valence-corrected chi connectivity index (χ4v) is 3.36. The maximum Gasteiger partial charge on any atom is 0.126 e. The van der Waals surface area contributed by atoms with Crippen LogP contribution in [-0.2, 0) is 5.41 Å². The molecule has 0 aliphatic heterocycles. The Morgan fingerprint density at radius 1 is 1.32 bits per heavy atom. The minimum Gasteiger partial charge on any atom is -0.369 e. The van der Waals surface area contributed by atoms with Gasteiger partial charge in [-0.1, -0.05) is 13.8 Å². The Kier molecular flexibility index (Phi) is 4.31. The molecule has 0 bridgehead atoms. The third kappa shape index (κ3) is 3.37. The lowest BCUT2D eigenvalue weighted by Gasteiger charge is -2.25. The molecule has 0 spiro atoms. The quantitative estimate of drug-likeness (QED) is 0.856. The number of aryl methyl sites for hydroxylation is 2. The topological polar surface area (TPSA) is 24.9 Å². The summed E-state index contributed by atoms with van der Waals surface area (Å²) in [6.07, 6.45) is 1.85. The molecule has 19 heavy (non-hydrogen) atoms. The first-order valence-corrected chi connectivity index (χ1v) is 7.98. The van der Waals surface area contributed by atoms with Crippen LogP contribution in [0.1, 0.15) is 29.9 Å². The van der Waals surface area contributed by atoms with Gasteiger partial charge in [0.1, 0.15) is 5.82 Å². The predicted octanol–water partition coefficient (Wildman–Crippen LogP) is 4.91. The van der Waals surface area contributed by atoms with Crippen molar-refractivity contribution < 1.29 is 0 Å². The van der Waals surface area contributed by atoms with Crippen molar-refractivity contribution in [3.63, 3.8) is 0 Å². The van der Waals surface area contributed by atoms with Gasteiger partial charge in [0.2, 0.25) is 0 Å². The number of nitrogens with one attached hydrogen (secondary N) is 1. The molecule has 0 aliphatic rings. The zero-order valence-electron chi connectivity index (χ0n) is 11.7. The van der Waals surface area contributed by atoms with Gasteiger partial charge < -0.3 is 5.32 Å². The number of halogens is 1. The van der Waals surface area contributed by atoms with Gasteiger partial charge in [0.15, 0.2) is 0 Å². The number of hydrogen-bond acceptors (Lipinski definition) is 3. The Labute approximate surface area is 127 Å². The summed E-state index contributed by atoms with van der Waals surface area (Å²) in [5, 5.41) is 5.60. The van der Waals surface area contributed by atoms with Crippen LogP contribution in [0.5, 0.6) is 0 Å². The van der Waals surface area contributed by atoms with Gasteiger partial charge in [-0.3, -0.25) is 0 Å². The second-order valence-electron chi connectivity index (χ2n) is 5.49. The van der Waals surface area contributed by atoms with E-state index in [4.69, 9.17) is 0 Å². The molecule has 1 N–H and O–H groups in total. The maximum atomic E-state index is 4.39. The number of aromatic nitrogens is 1.